The standard InChI is InChI=1S/C13H19NO/c14-10-9-13(7-4-8-13)15-11-12-5-2-1-3-6-12/h1-3,5-6H,4,7-11,14H2. The second-order valence-corrected chi connectivity index (χ2v) is 4.35. The molecule has 0 spiro atoms. The highest BCUT2D eigenvalue weighted by Gasteiger charge is 2.36. The Bertz CT molecular complexity index is 293. The van der Waals surface area contributed by atoms with Crippen LogP contribution >= 0.6 is 0 Å². The first-order chi connectivity index (χ1) is 7.35. The zero-order valence-electron chi connectivity index (χ0n) is 9.11. The monoisotopic (exact) mass is 205 g/mol. The number of hydrogen-bond donors (Lipinski definition) is 1. The van der Waals surface area contributed by atoms with Crippen LogP contribution in [0.1, 0.15) is 31.2 Å². The Morgan fingerprint density at radius 1 is 1.20 bits per heavy atom. The van der Waals surface area contributed by atoms with Gasteiger partial charge in [0, 0.05) is 0 Å². The van der Waals surface area contributed by atoms with E-state index in [0.717, 1.165) is 19.6 Å². The van der Waals surface area contributed by atoms with Gasteiger partial charge in [-0.15, -0.1) is 0 Å². The lowest BCUT2D eigenvalue weighted by atomic mass is 9.77. The third-order valence-corrected chi connectivity index (χ3v) is 3.25. The van der Waals surface area contributed by atoms with Gasteiger partial charge >= 0.3 is 0 Å². The maximum Gasteiger partial charge on any atom is 0.0724 e. The maximum atomic E-state index is 6.01. The molecule has 15 heavy (non-hydrogen) atoms. The van der Waals surface area contributed by atoms with Gasteiger partial charge in [0.25, 0.3) is 0 Å². The number of rotatable bonds is 5. The largest absolute Gasteiger partial charge is 0.370 e. The van der Waals surface area contributed by atoms with Crippen molar-refractivity contribution < 1.29 is 4.74 Å². The Morgan fingerprint density at radius 3 is 2.47 bits per heavy atom. The van der Waals surface area contributed by atoms with Crippen LogP contribution in [0.5, 0.6) is 0 Å². The molecular formula is C13H19NO. The lowest BCUT2D eigenvalue weighted by Gasteiger charge is -2.41. The van der Waals surface area contributed by atoms with Crippen molar-refractivity contribution in [2.45, 2.75) is 37.9 Å². The van der Waals surface area contributed by atoms with Crippen molar-refractivity contribution in [3.05, 3.63) is 35.9 Å². The lowest BCUT2D eigenvalue weighted by molar-refractivity contribution is -0.112. The summed E-state index contributed by atoms with van der Waals surface area (Å²) < 4.78 is 6.01. The Labute approximate surface area is 91.4 Å². The molecule has 1 aliphatic rings. The number of hydrogen-bond acceptors (Lipinski definition) is 2. The van der Waals surface area contributed by atoms with E-state index in [1.807, 2.05) is 6.07 Å². The third-order valence-electron chi connectivity index (χ3n) is 3.25. The molecule has 0 amide bonds. The Balaban J connectivity index is 1.86. The molecule has 1 aromatic carbocycles. The zero-order chi connectivity index (χ0) is 10.6. The molecule has 2 rings (SSSR count). The second kappa shape index (κ2) is 4.77. The van der Waals surface area contributed by atoms with E-state index in [-0.39, 0.29) is 5.60 Å². The molecule has 1 aliphatic carbocycles. The van der Waals surface area contributed by atoms with Crippen LogP contribution in [0.25, 0.3) is 0 Å². The zero-order valence-corrected chi connectivity index (χ0v) is 9.11. The van der Waals surface area contributed by atoms with Crippen molar-refractivity contribution in [1.29, 1.82) is 0 Å². The maximum absolute atomic E-state index is 6.01. The molecule has 0 aromatic heterocycles. The molecule has 0 atom stereocenters. The van der Waals surface area contributed by atoms with E-state index >= 15 is 0 Å². The van der Waals surface area contributed by atoms with E-state index in [4.69, 9.17) is 10.5 Å². The van der Waals surface area contributed by atoms with Crippen LogP contribution in [0.2, 0.25) is 0 Å². The quantitative estimate of drug-likeness (QED) is 0.801. The van der Waals surface area contributed by atoms with Crippen LogP contribution in [-0.2, 0) is 11.3 Å². The van der Waals surface area contributed by atoms with E-state index in [0.29, 0.717) is 0 Å². The summed E-state index contributed by atoms with van der Waals surface area (Å²) in [5.41, 5.74) is 6.97. The van der Waals surface area contributed by atoms with Gasteiger partial charge in [0.2, 0.25) is 0 Å². The third kappa shape index (κ3) is 2.58. The molecule has 82 valence electrons. The first-order valence-corrected chi connectivity index (χ1v) is 5.73. The normalized spacial score (nSPS) is 18.5. The fourth-order valence-electron chi connectivity index (χ4n) is 2.11. The van der Waals surface area contributed by atoms with Crippen LogP contribution in [-0.4, -0.2) is 12.1 Å². The summed E-state index contributed by atoms with van der Waals surface area (Å²) >= 11 is 0. The van der Waals surface area contributed by atoms with Gasteiger partial charge in [0.1, 0.15) is 0 Å². The van der Waals surface area contributed by atoms with E-state index < -0.39 is 0 Å². The minimum Gasteiger partial charge on any atom is -0.370 e. The molecule has 2 heteroatoms. The molecule has 0 radical (unpaired) electrons. The van der Waals surface area contributed by atoms with Gasteiger partial charge < -0.3 is 10.5 Å². The first kappa shape index (κ1) is 10.7. The van der Waals surface area contributed by atoms with Crippen LogP contribution in [0.15, 0.2) is 30.3 Å². The van der Waals surface area contributed by atoms with E-state index in [2.05, 4.69) is 24.3 Å². The summed E-state index contributed by atoms with van der Waals surface area (Å²) in [5.74, 6) is 0. The predicted molar refractivity (Wildman–Crippen MR) is 61.5 cm³/mol. The first-order valence-electron chi connectivity index (χ1n) is 5.73. The average molecular weight is 205 g/mol. The van der Waals surface area contributed by atoms with Gasteiger partial charge in [-0.05, 0) is 37.8 Å². The molecule has 1 aromatic rings. The number of ether oxygens (including phenoxy) is 1. The van der Waals surface area contributed by atoms with Crippen molar-refractivity contribution in [3.63, 3.8) is 0 Å². The highest BCUT2D eigenvalue weighted by molar-refractivity contribution is 5.13. The number of benzene rings is 1. The summed E-state index contributed by atoms with van der Waals surface area (Å²) in [6, 6.07) is 10.3. The van der Waals surface area contributed by atoms with Gasteiger partial charge in [0.15, 0.2) is 0 Å². The highest BCUT2D eigenvalue weighted by atomic mass is 16.5. The van der Waals surface area contributed by atoms with E-state index in [1.165, 1.54) is 24.8 Å². The molecule has 0 unspecified atom stereocenters. The molecule has 2 N–H and O–H groups in total. The van der Waals surface area contributed by atoms with Crippen molar-refractivity contribution in [2.75, 3.05) is 6.54 Å². The summed E-state index contributed by atoms with van der Waals surface area (Å²) in [4.78, 5) is 0. The van der Waals surface area contributed by atoms with Gasteiger partial charge in [-0.2, -0.15) is 0 Å². The minimum atomic E-state index is 0.102. The minimum absolute atomic E-state index is 0.102. The van der Waals surface area contributed by atoms with Crippen molar-refractivity contribution in [2.24, 2.45) is 5.73 Å². The molecule has 0 saturated heterocycles. The highest BCUT2D eigenvalue weighted by Crippen LogP contribution is 2.38. The molecule has 2 nitrogen and oxygen atoms in total. The van der Waals surface area contributed by atoms with Gasteiger partial charge in [-0.3, -0.25) is 0 Å². The summed E-state index contributed by atoms with van der Waals surface area (Å²) in [7, 11) is 0. The van der Waals surface area contributed by atoms with Gasteiger partial charge in [-0.1, -0.05) is 30.3 Å². The smallest absolute Gasteiger partial charge is 0.0724 e. The van der Waals surface area contributed by atoms with Crippen LogP contribution < -0.4 is 5.73 Å². The Hall–Kier alpha value is -0.860. The molecule has 0 bridgehead atoms. The van der Waals surface area contributed by atoms with Gasteiger partial charge in [-0.25, -0.2) is 0 Å². The van der Waals surface area contributed by atoms with Crippen LogP contribution in [0.3, 0.4) is 0 Å². The van der Waals surface area contributed by atoms with Crippen molar-refractivity contribution >= 4 is 0 Å². The fourth-order valence-corrected chi connectivity index (χ4v) is 2.11. The average Bonchev–Trinajstić information content (AvgIpc) is 2.23. The molecule has 1 fully saturated rings. The summed E-state index contributed by atoms with van der Waals surface area (Å²) in [6.45, 7) is 1.45. The summed E-state index contributed by atoms with van der Waals surface area (Å²) in [6.07, 6.45) is 4.64. The van der Waals surface area contributed by atoms with Crippen LogP contribution in [0.4, 0.5) is 0 Å². The Kier molecular flexibility index (Phi) is 3.39. The summed E-state index contributed by atoms with van der Waals surface area (Å²) in [5, 5.41) is 0. The van der Waals surface area contributed by atoms with E-state index in [9.17, 15) is 0 Å². The van der Waals surface area contributed by atoms with Gasteiger partial charge in [0.05, 0.1) is 12.2 Å². The topological polar surface area (TPSA) is 35.2 Å². The lowest BCUT2D eigenvalue weighted by Crippen LogP contribution is -2.41. The second-order valence-electron chi connectivity index (χ2n) is 4.35. The molecule has 0 aliphatic heterocycles. The van der Waals surface area contributed by atoms with Crippen molar-refractivity contribution in [1.82, 2.24) is 0 Å². The molecule has 0 heterocycles. The van der Waals surface area contributed by atoms with E-state index in [1.54, 1.807) is 0 Å². The fraction of sp³-hybridized carbons (Fsp3) is 0.538. The van der Waals surface area contributed by atoms with Crippen molar-refractivity contribution in [3.8, 4) is 0 Å². The molecular weight excluding hydrogens is 186 g/mol. The molecule has 1 saturated carbocycles. The predicted octanol–water partition coefficient (Wildman–Crippen LogP) is 2.47. The number of nitrogens with two attached hydrogens (primary N) is 1. The van der Waals surface area contributed by atoms with Crippen LogP contribution in [0, 0.1) is 0 Å². The SMILES string of the molecule is NCCC1(OCc2ccccc2)CCC1. The Morgan fingerprint density at radius 2 is 1.93 bits per heavy atom.